The number of anilines is 1. The van der Waals surface area contributed by atoms with Crippen LogP contribution in [0.1, 0.15) is 55.0 Å². The lowest BCUT2D eigenvalue weighted by Crippen LogP contribution is -2.43. The topological polar surface area (TPSA) is 90.2 Å². The molecular weight excluding hydrogens is 496 g/mol. The predicted octanol–water partition coefficient (Wildman–Crippen LogP) is 6.04. The molecule has 204 valence electrons. The van der Waals surface area contributed by atoms with Gasteiger partial charge >= 0.3 is 0 Å². The van der Waals surface area contributed by atoms with Crippen molar-refractivity contribution >= 4 is 11.6 Å². The van der Waals surface area contributed by atoms with E-state index in [0.29, 0.717) is 48.8 Å². The van der Waals surface area contributed by atoms with Crippen LogP contribution in [0.25, 0.3) is 11.3 Å². The van der Waals surface area contributed by atoms with Gasteiger partial charge in [-0.25, -0.2) is 13.8 Å². The second kappa shape index (κ2) is 11.8. The van der Waals surface area contributed by atoms with E-state index in [1.165, 1.54) is 0 Å². The van der Waals surface area contributed by atoms with E-state index in [-0.39, 0.29) is 11.5 Å². The van der Waals surface area contributed by atoms with Crippen LogP contribution in [0.5, 0.6) is 0 Å². The van der Waals surface area contributed by atoms with Crippen molar-refractivity contribution in [1.82, 2.24) is 14.5 Å². The Morgan fingerprint density at radius 2 is 1.72 bits per heavy atom. The van der Waals surface area contributed by atoms with E-state index in [4.69, 9.17) is 16.5 Å². The fraction of sp³-hybridized carbons (Fsp3) is 0.290. The number of hydrogen-bond donors (Lipinski definition) is 2. The van der Waals surface area contributed by atoms with E-state index >= 15 is 0 Å². The maximum absolute atomic E-state index is 14.9. The summed E-state index contributed by atoms with van der Waals surface area (Å²) in [5, 5.41) is 0. The first-order valence-electron chi connectivity index (χ1n) is 13.0. The molecule has 3 aromatic carbocycles. The predicted molar refractivity (Wildman–Crippen MR) is 151 cm³/mol. The summed E-state index contributed by atoms with van der Waals surface area (Å²) >= 11 is 0. The Morgan fingerprint density at radius 1 is 1.03 bits per heavy atom. The molecule has 4 rings (SSSR count). The number of aromatic nitrogens is 2. The minimum Gasteiger partial charge on any atom is -0.399 e. The first-order chi connectivity index (χ1) is 18.6. The van der Waals surface area contributed by atoms with Gasteiger partial charge in [-0.2, -0.15) is 0 Å². The molecule has 0 aliphatic heterocycles. The number of rotatable bonds is 9. The van der Waals surface area contributed by atoms with Crippen molar-refractivity contribution in [2.75, 3.05) is 18.8 Å². The summed E-state index contributed by atoms with van der Waals surface area (Å²) in [6.45, 7) is 7.34. The zero-order valence-electron chi connectivity index (χ0n) is 22.6. The van der Waals surface area contributed by atoms with E-state index in [2.05, 4.69) is 0 Å². The molecule has 0 fully saturated rings. The highest BCUT2D eigenvalue weighted by atomic mass is 19.1. The van der Waals surface area contributed by atoms with Gasteiger partial charge in [0.1, 0.15) is 17.5 Å². The lowest BCUT2D eigenvalue weighted by atomic mass is 9.84. The zero-order chi connectivity index (χ0) is 28.2. The molecule has 1 atom stereocenters. The molecule has 1 amide bonds. The van der Waals surface area contributed by atoms with Crippen LogP contribution in [0.15, 0.2) is 79.0 Å². The first-order valence-corrected chi connectivity index (χ1v) is 13.0. The standard InChI is InChI=1S/C31H35F2N5O/c1-31(2,3)28(38(17-7-16-34)30(39)22-10-13-24(35)14-11-22)29-36-27(25-18-23(32)12-15-26(25)33)20-37(29)19-21-8-5-4-6-9-21/h4-6,8-15,18,20,28H,7,16-17,19,34-35H2,1-3H3/t28-/m0/s1. The van der Waals surface area contributed by atoms with Crippen LogP contribution in [0, 0.1) is 17.0 Å². The van der Waals surface area contributed by atoms with Crippen LogP contribution >= 0.6 is 0 Å². The monoisotopic (exact) mass is 531 g/mol. The molecule has 0 aliphatic carbocycles. The van der Waals surface area contributed by atoms with Gasteiger partial charge in [0, 0.05) is 36.1 Å². The van der Waals surface area contributed by atoms with E-state index in [0.717, 1.165) is 23.8 Å². The number of amides is 1. The van der Waals surface area contributed by atoms with Gasteiger partial charge in [-0.1, -0.05) is 51.1 Å². The van der Waals surface area contributed by atoms with E-state index in [9.17, 15) is 13.6 Å². The molecule has 0 saturated heterocycles. The highest BCUT2D eigenvalue weighted by Crippen LogP contribution is 2.40. The van der Waals surface area contributed by atoms with Crippen LogP contribution in [-0.4, -0.2) is 33.4 Å². The fourth-order valence-electron chi connectivity index (χ4n) is 4.77. The van der Waals surface area contributed by atoms with Gasteiger partial charge in [-0.3, -0.25) is 4.79 Å². The fourth-order valence-corrected chi connectivity index (χ4v) is 4.77. The summed E-state index contributed by atoms with van der Waals surface area (Å²) in [5.41, 5.74) is 13.7. The molecule has 0 saturated carbocycles. The lowest BCUT2D eigenvalue weighted by Gasteiger charge is -2.40. The van der Waals surface area contributed by atoms with E-state index in [1.807, 2.05) is 55.7 Å². The van der Waals surface area contributed by atoms with Gasteiger partial charge in [0.2, 0.25) is 0 Å². The Balaban J connectivity index is 1.89. The second-order valence-electron chi connectivity index (χ2n) is 10.8. The number of benzene rings is 3. The molecule has 1 aromatic heterocycles. The SMILES string of the molecule is CC(C)(C)[C@H](c1nc(-c2cc(F)ccc2F)cn1Cc1ccccc1)N(CCCN)C(=O)c1ccc(N)cc1. The number of hydrogen-bond acceptors (Lipinski definition) is 4. The molecule has 8 heteroatoms. The number of nitrogens with zero attached hydrogens (tertiary/aromatic N) is 3. The van der Waals surface area contributed by atoms with Gasteiger partial charge in [-0.15, -0.1) is 0 Å². The average molecular weight is 532 g/mol. The highest BCUT2D eigenvalue weighted by molar-refractivity contribution is 5.94. The zero-order valence-corrected chi connectivity index (χ0v) is 22.6. The summed E-state index contributed by atoms with van der Waals surface area (Å²) < 4.78 is 30.9. The van der Waals surface area contributed by atoms with Crippen LogP contribution in [-0.2, 0) is 6.54 Å². The molecule has 0 bridgehead atoms. The van der Waals surface area contributed by atoms with Gasteiger partial charge < -0.3 is 20.9 Å². The molecule has 0 aliphatic rings. The first kappa shape index (κ1) is 28.0. The number of imidazole rings is 1. The van der Waals surface area contributed by atoms with Crippen molar-refractivity contribution in [3.8, 4) is 11.3 Å². The molecule has 6 nitrogen and oxygen atoms in total. The Kier molecular flexibility index (Phi) is 8.45. The van der Waals surface area contributed by atoms with E-state index in [1.54, 1.807) is 35.4 Å². The Hall–Kier alpha value is -4.04. The highest BCUT2D eigenvalue weighted by Gasteiger charge is 2.38. The van der Waals surface area contributed by atoms with Gasteiger partial charge in [0.15, 0.2) is 0 Å². The van der Waals surface area contributed by atoms with Crippen LogP contribution in [0.2, 0.25) is 0 Å². The van der Waals surface area contributed by atoms with Crippen LogP contribution in [0.3, 0.4) is 0 Å². The van der Waals surface area contributed by atoms with E-state index < -0.39 is 23.1 Å². The quantitative estimate of drug-likeness (QED) is 0.258. The van der Waals surface area contributed by atoms with Crippen molar-refractivity contribution in [3.63, 3.8) is 0 Å². The third-order valence-electron chi connectivity index (χ3n) is 6.61. The van der Waals surface area contributed by atoms with Crippen molar-refractivity contribution in [2.45, 2.75) is 39.8 Å². The summed E-state index contributed by atoms with van der Waals surface area (Å²) in [7, 11) is 0. The second-order valence-corrected chi connectivity index (χ2v) is 10.8. The number of carbonyl (C=O) groups excluding carboxylic acids is 1. The molecule has 0 unspecified atom stereocenters. The third-order valence-corrected chi connectivity index (χ3v) is 6.61. The van der Waals surface area contributed by atoms with Crippen LogP contribution < -0.4 is 11.5 Å². The van der Waals surface area contributed by atoms with Crippen LogP contribution in [0.4, 0.5) is 14.5 Å². The number of halogens is 2. The largest absolute Gasteiger partial charge is 0.399 e. The van der Waals surface area contributed by atoms with Crippen molar-refractivity contribution in [2.24, 2.45) is 11.1 Å². The minimum atomic E-state index is -0.572. The smallest absolute Gasteiger partial charge is 0.254 e. The maximum Gasteiger partial charge on any atom is 0.254 e. The van der Waals surface area contributed by atoms with Crippen molar-refractivity contribution in [1.29, 1.82) is 0 Å². The van der Waals surface area contributed by atoms with Crippen molar-refractivity contribution < 1.29 is 13.6 Å². The molecule has 4 aromatic rings. The maximum atomic E-state index is 14.9. The van der Waals surface area contributed by atoms with Gasteiger partial charge in [0.05, 0.1) is 11.7 Å². The molecule has 4 N–H and O–H groups in total. The summed E-state index contributed by atoms with van der Waals surface area (Å²) in [6, 6.07) is 19.4. The minimum absolute atomic E-state index is 0.0640. The Morgan fingerprint density at radius 3 is 2.36 bits per heavy atom. The molecule has 0 radical (unpaired) electrons. The van der Waals surface area contributed by atoms with Gasteiger partial charge in [-0.05, 0) is 66.4 Å². The normalized spacial score (nSPS) is 12.4. The number of nitrogens with two attached hydrogens (primary N) is 2. The lowest BCUT2D eigenvalue weighted by molar-refractivity contribution is 0.0482. The number of nitrogen functional groups attached to an aromatic ring is 1. The summed E-state index contributed by atoms with van der Waals surface area (Å²) in [4.78, 5) is 20.6. The Labute approximate surface area is 228 Å². The Bertz CT molecular complexity index is 1410. The molecule has 1 heterocycles. The molecule has 39 heavy (non-hydrogen) atoms. The number of carbonyl (C=O) groups is 1. The summed E-state index contributed by atoms with van der Waals surface area (Å²) in [5.74, 6) is -0.736. The summed E-state index contributed by atoms with van der Waals surface area (Å²) in [6.07, 6.45) is 2.31. The van der Waals surface area contributed by atoms with Crippen molar-refractivity contribution in [3.05, 3.63) is 108 Å². The molecular formula is C31H35F2N5O. The third kappa shape index (κ3) is 6.52. The molecule has 0 spiro atoms. The average Bonchev–Trinajstić information content (AvgIpc) is 3.30. The van der Waals surface area contributed by atoms with Gasteiger partial charge in [0.25, 0.3) is 5.91 Å².